The highest BCUT2D eigenvalue weighted by Gasteiger charge is 2.27. The molecule has 7 nitrogen and oxygen atoms in total. The Bertz CT molecular complexity index is 928. The van der Waals surface area contributed by atoms with Gasteiger partial charge in [0.15, 0.2) is 5.58 Å². The number of para-hydroxylation sites is 2. The molecule has 1 aliphatic heterocycles. The van der Waals surface area contributed by atoms with E-state index in [1.807, 2.05) is 24.3 Å². The van der Waals surface area contributed by atoms with E-state index in [2.05, 4.69) is 15.2 Å². The highest BCUT2D eigenvalue weighted by molar-refractivity contribution is 5.93. The Balaban J connectivity index is 1.38. The van der Waals surface area contributed by atoms with Crippen LogP contribution in [-0.2, 0) is 4.79 Å². The zero-order valence-corrected chi connectivity index (χ0v) is 15.0. The first-order chi connectivity index (χ1) is 13.1. The molecule has 1 aliphatic rings. The molecule has 4 rings (SSSR count). The van der Waals surface area contributed by atoms with E-state index in [4.69, 9.17) is 9.15 Å². The average Bonchev–Trinajstić information content (AvgIpc) is 3.12. The molecule has 0 bridgehead atoms. The number of carbonyl (C=O) groups excluding carboxylic acids is 1. The number of oxazole rings is 1. The minimum absolute atomic E-state index is 0.0513. The van der Waals surface area contributed by atoms with Gasteiger partial charge in [0.25, 0.3) is 6.01 Å². The number of aromatic hydroxyl groups is 1. The van der Waals surface area contributed by atoms with Crippen molar-refractivity contribution in [1.29, 1.82) is 0 Å². The summed E-state index contributed by atoms with van der Waals surface area (Å²) in [6, 6.07) is 13.0. The number of nitrogens with zero attached hydrogens (tertiary/aromatic N) is 2. The molecule has 27 heavy (non-hydrogen) atoms. The van der Waals surface area contributed by atoms with E-state index in [1.165, 1.54) is 19.2 Å². The van der Waals surface area contributed by atoms with Crippen LogP contribution in [0, 0.1) is 5.92 Å². The maximum absolute atomic E-state index is 12.6. The van der Waals surface area contributed by atoms with Gasteiger partial charge in [-0.05, 0) is 25.0 Å². The van der Waals surface area contributed by atoms with Gasteiger partial charge in [-0.25, -0.2) is 0 Å². The molecule has 1 saturated heterocycles. The standard InChI is InChI=1S/C20H21N3O4/c1-26-16-11-14(10-15(24)12-16)21-19(25)13-6-8-23(9-7-13)20-22-17-4-2-3-5-18(17)27-20/h2-5,10-13,24H,6-9H2,1H3,(H,21,25). The zero-order chi connectivity index (χ0) is 18.8. The number of phenolic OH excluding ortho intramolecular Hbond substituents is 1. The number of rotatable bonds is 4. The van der Waals surface area contributed by atoms with Crippen molar-refractivity contribution >= 4 is 28.7 Å². The number of nitrogens with one attached hydrogen (secondary N) is 1. The fraction of sp³-hybridized carbons (Fsp3) is 0.300. The number of amides is 1. The molecule has 0 spiro atoms. The first-order valence-corrected chi connectivity index (χ1v) is 8.92. The summed E-state index contributed by atoms with van der Waals surface area (Å²) < 4.78 is 10.9. The van der Waals surface area contributed by atoms with Crippen LogP contribution in [-0.4, -0.2) is 36.2 Å². The van der Waals surface area contributed by atoms with Gasteiger partial charge in [-0.1, -0.05) is 12.1 Å². The molecule has 0 unspecified atom stereocenters. The Morgan fingerprint density at radius 2 is 2.04 bits per heavy atom. The molecule has 2 N–H and O–H groups in total. The topological polar surface area (TPSA) is 87.8 Å². The van der Waals surface area contributed by atoms with Crippen molar-refractivity contribution in [3.63, 3.8) is 0 Å². The summed E-state index contributed by atoms with van der Waals surface area (Å²) in [6.45, 7) is 1.41. The Hall–Kier alpha value is -3.22. The van der Waals surface area contributed by atoms with Crippen LogP contribution in [0.2, 0.25) is 0 Å². The highest BCUT2D eigenvalue weighted by atomic mass is 16.5. The summed E-state index contributed by atoms with van der Waals surface area (Å²) in [4.78, 5) is 19.2. The van der Waals surface area contributed by atoms with Gasteiger partial charge in [0.05, 0.1) is 7.11 Å². The first kappa shape index (κ1) is 17.2. The number of aromatic nitrogens is 1. The normalized spacial score (nSPS) is 15.1. The predicted octanol–water partition coefficient (Wildman–Crippen LogP) is 3.40. The highest BCUT2D eigenvalue weighted by Crippen LogP contribution is 2.28. The van der Waals surface area contributed by atoms with Gasteiger partial charge in [-0.15, -0.1) is 0 Å². The Labute approximate surface area is 156 Å². The summed E-state index contributed by atoms with van der Waals surface area (Å²) in [5.41, 5.74) is 2.13. The summed E-state index contributed by atoms with van der Waals surface area (Å²) in [5, 5.41) is 12.6. The molecule has 3 aromatic rings. The van der Waals surface area contributed by atoms with E-state index in [1.54, 1.807) is 6.07 Å². The zero-order valence-electron chi connectivity index (χ0n) is 15.0. The van der Waals surface area contributed by atoms with Gasteiger partial charge >= 0.3 is 0 Å². The Kier molecular flexibility index (Phi) is 4.58. The van der Waals surface area contributed by atoms with Gasteiger partial charge in [0.2, 0.25) is 5.91 Å². The number of ether oxygens (including phenoxy) is 1. The lowest BCUT2D eigenvalue weighted by atomic mass is 9.96. The number of carbonyl (C=O) groups is 1. The number of anilines is 2. The smallest absolute Gasteiger partial charge is 0.298 e. The molecule has 0 saturated carbocycles. The van der Waals surface area contributed by atoms with Crippen molar-refractivity contribution in [2.75, 3.05) is 30.4 Å². The minimum atomic E-state index is -0.0982. The fourth-order valence-electron chi connectivity index (χ4n) is 3.35. The quantitative estimate of drug-likeness (QED) is 0.735. The molecule has 1 amide bonds. The van der Waals surface area contributed by atoms with Crippen LogP contribution in [0.25, 0.3) is 11.1 Å². The average molecular weight is 367 g/mol. The van der Waals surface area contributed by atoms with Crippen molar-refractivity contribution in [3.8, 4) is 11.5 Å². The maximum atomic E-state index is 12.6. The lowest BCUT2D eigenvalue weighted by molar-refractivity contribution is -0.120. The van der Waals surface area contributed by atoms with E-state index in [-0.39, 0.29) is 17.6 Å². The molecule has 140 valence electrons. The summed E-state index contributed by atoms with van der Waals surface area (Å²) >= 11 is 0. The maximum Gasteiger partial charge on any atom is 0.298 e. The summed E-state index contributed by atoms with van der Waals surface area (Å²) in [7, 11) is 1.52. The van der Waals surface area contributed by atoms with Gasteiger partial charge in [-0.3, -0.25) is 4.79 Å². The molecule has 2 aromatic carbocycles. The molecule has 0 aliphatic carbocycles. The van der Waals surface area contributed by atoms with Crippen LogP contribution in [0.4, 0.5) is 11.7 Å². The van der Waals surface area contributed by atoms with Gasteiger partial charge in [-0.2, -0.15) is 4.98 Å². The molecule has 0 atom stereocenters. The number of fused-ring (bicyclic) bond motifs is 1. The van der Waals surface area contributed by atoms with Crippen LogP contribution in [0.15, 0.2) is 46.9 Å². The van der Waals surface area contributed by atoms with Crippen molar-refractivity contribution < 1.29 is 19.1 Å². The number of hydrogen-bond donors (Lipinski definition) is 2. The molecular formula is C20H21N3O4. The number of hydrogen-bond acceptors (Lipinski definition) is 6. The van der Waals surface area contributed by atoms with Gasteiger partial charge < -0.3 is 24.5 Å². The van der Waals surface area contributed by atoms with Gasteiger partial charge in [0.1, 0.15) is 17.0 Å². The molecular weight excluding hydrogens is 346 g/mol. The van der Waals surface area contributed by atoms with Gasteiger partial charge in [0, 0.05) is 42.9 Å². The number of methoxy groups -OCH3 is 1. The lowest BCUT2D eigenvalue weighted by Gasteiger charge is -2.30. The predicted molar refractivity (Wildman–Crippen MR) is 102 cm³/mol. The van der Waals surface area contributed by atoms with Crippen molar-refractivity contribution in [3.05, 3.63) is 42.5 Å². The van der Waals surface area contributed by atoms with Crippen molar-refractivity contribution in [2.45, 2.75) is 12.8 Å². The number of phenols is 1. The third kappa shape index (κ3) is 3.67. The van der Waals surface area contributed by atoms with Crippen LogP contribution in [0.5, 0.6) is 11.5 Å². The fourth-order valence-corrected chi connectivity index (χ4v) is 3.35. The van der Waals surface area contributed by atoms with E-state index in [9.17, 15) is 9.90 Å². The number of piperidine rings is 1. The van der Waals surface area contributed by atoms with Crippen molar-refractivity contribution in [1.82, 2.24) is 4.98 Å². The largest absolute Gasteiger partial charge is 0.508 e. The molecule has 1 fully saturated rings. The van der Waals surface area contributed by atoms with E-state index in [0.29, 0.717) is 43.4 Å². The van der Waals surface area contributed by atoms with Crippen LogP contribution < -0.4 is 15.0 Å². The molecule has 7 heteroatoms. The Morgan fingerprint density at radius 3 is 2.78 bits per heavy atom. The van der Waals surface area contributed by atoms with Crippen LogP contribution in [0.3, 0.4) is 0 Å². The third-order valence-corrected chi connectivity index (χ3v) is 4.81. The lowest BCUT2D eigenvalue weighted by Crippen LogP contribution is -2.38. The first-order valence-electron chi connectivity index (χ1n) is 8.92. The Morgan fingerprint density at radius 1 is 1.26 bits per heavy atom. The minimum Gasteiger partial charge on any atom is -0.508 e. The monoisotopic (exact) mass is 367 g/mol. The second-order valence-corrected chi connectivity index (χ2v) is 6.63. The summed E-state index contributed by atoms with van der Waals surface area (Å²) in [6.07, 6.45) is 1.42. The summed E-state index contributed by atoms with van der Waals surface area (Å²) in [5.74, 6) is 0.394. The number of benzene rings is 2. The van der Waals surface area contributed by atoms with E-state index in [0.717, 1.165) is 11.1 Å². The van der Waals surface area contributed by atoms with Crippen LogP contribution in [0.1, 0.15) is 12.8 Å². The molecule has 0 radical (unpaired) electrons. The van der Waals surface area contributed by atoms with Crippen molar-refractivity contribution in [2.24, 2.45) is 5.92 Å². The second-order valence-electron chi connectivity index (χ2n) is 6.63. The SMILES string of the molecule is COc1cc(O)cc(NC(=O)C2CCN(c3nc4ccccc4o3)CC2)c1. The molecule has 2 heterocycles. The second kappa shape index (κ2) is 7.19. The van der Waals surface area contributed by atoms with Crippen LogP contribution >= 0.6 is 0 Å². The van der Waals surface area contributed by atoms with E-state index >= 15 is 0 Å². The van der Waals surface area contributed by atoms with E-state index < -0.39 is 0 Å². The molecule has 1 aromatic heterocycles. The third-order valence-electron chi connectivity index (χ3n) is 4.81.